The number of thiol groups is 1. The zero-order chi connectivity index (χ0) is 20.9. The summed E-state index contributed by atoms with van der Waals surface area (Å²) in [7, 11) is -8.96. The third-order valence-electron chi connectivity index (χ3n) is 3.62. The molecule has 0 N–H and O–H groups in total. The van der Waals surface area contributed by atoms with E-state index in [4.69, 9.17) is 4.74 Å². The van der Waals surface area contributed by atoms with E-state index in [1.807, 2.05) is 12.1 Å². The molecule has 0 heterocycles. The Morgan fingerprint density at radius 1 is 0.750 bits per heavy atom. The zero-order valence-corrected chi connectivity index (χ0v) is 16.6. The monoisotopic (exact) mass is 440 g/mol. The molecule has 0 fully saturated rings. The van der Waals surface area contributed by atoms with E-state index < -0.39 is 7.81 Å². The van der Waals surface area contributed by atoms with Gasteiger partial charge in [0.15, 0.2) is 0 Å². The molecule has 1 nitrogen and oxygen atoms in total. The molecule has 3 aromatic rings. The summed E-state index contributed by atoms with van der Waals surface area (Å²) in [6, 6.07) is 23.5. The van der Waals surface area contributed by atoms with Crippen LogP contribution in [0.25, 0.3) is 10.8 Å². The molecular formula is C19H19F6OPS. The summed E-state index contributed by atoms with van der Waals surface area (Å²) < 4.78 is 64.4. The topological polar surface area (TPSA) is 9.23 Å². The van der Waals surface area contributed by atoms with E-state index in [9.17, 15) is 25.2 Å². The molecule has 0 radical (unpaired) electrons. The van der Waals surface area contributed by atoms with Gasteiger partial charge in [-0.1, -0.05) is 54.6 Å². The number of hydrogen-bond donors (Lipinski definition) is 0. The molecule has 0 aromatic heterocycles. The van der Waals surface area contributed by atoms with Crippen molar-refractivity contribution in [2.45, 2.75) is 11.5 Å². The van der Waals surface area contributed by atoms with Gasteiger partial charge in [-0.05, 0) is 34.7 Å². The van der Waals surface area contributed by atoms with Crippen molar-refractivity contribution >= 4 is 30.3 Å². The number of rotatable bonds is 5. The van der Waals surface area contributed by atoms with Gasteiger partial charge >= 0.3 is 33.0 Å². The number of fused-ring (bicyclic) bond motifs is 1. The normalized spacial score (nSPS) is 13.8. The Balaban J connectivity index is 0.000000345. The molecule has 0 saturated carbocycles. The first-order chi connectivity index (χ1) is 12.8. The van der Waals surface area contributed by atoms with Crippen molar-refractivity contribution in [1.82, 2.24) is 0 Å². The van der Waals surface area contributed by atoms with Crippen LogP contribution < -0.4 is 4.74 Å². The van der Waals surface area contributed by atoms with Crippen molar-refractivity contribution in [2.24, 2.45) is 0 Å². The van der Waals surface area contributed by atoms with Crippen LogP contribution in [0.1, 0.15) is 11.1 Å². The molecule has 28 heavy (non-hydrogen) atoms. The van der Waals surface area contributed by atoms with Crippen molar-refractivity contribution in [3.05, 3.63) is 77.9 Å². The minimum absolute atomic E-state index is 0.921. The minimum atomic E-state index is -10.7. The van der Waals surface area contributed by atoms with Gasteiger partial charge in [0.25, 0.3) is 0 Å². The fourth-order valence-corrected chi connectivity index (χ4v) is 3.56. The van der Waals surface area contributed by atoms with Gasteiger partial charge in [0.2, 0.25) is 0 Å². The van der Waals surface area contributed by atoms with E-state index in [0.29, 0.717) is 0 Å². The zero-order valence-electron chi connectivity index (χ0n) is 14.8. The number of halogens is 6. The summed E-state index contributed by atoms with van der Waals surface area (Å²) >= 11 is 1.43. The van der Waals surface area contributed by atoms with Crippen LogP contribution in [-0.2, 0) is 23.3 Å². The average molecular weight is 440 g/mol. The van der Waals surface area contributed by atoms with Gasteiger partial charge < -0.3 is 4.74 Å². The summed E-state index contributed by atoms with van der Waals surface area (Å²) in [6.45, 7) is 0. The Kier molecular flexibility index (Phi) is 6.26. The summed E-state index contributed by atoms with van der Waals surface area (Å²) in [4.78, 5) is 0. The van der Waals surface area contributed by atoms with Crippen molar-refractivity contribution in [2.75, 3.05) is 7.11 Å². The van der Waals surface area contributed by atoms with Gasteiger partial charge in [-0.15, -0.1) is 0 Å². The van der Waals surface area contributed by atoms with E-state index in [1.165, 1.54) is 33.7 Å². The molecule has 0 saturated heterocycles. The van der Waals surface area contributed by atoms with E-state index in [0.717, 1.165) is 17.3 Å². The van der Waals surface area contributed by atoms with E-state index in [1.54, 1.807) is 7.11 Å². The second-order valence-corrected chi connectivity index (χ2v) is 8.98. The van der Waals surface area contributed by atoms with Crippen LogP contribution in [0.4, 0.5) is 25.2 Å². The van der Waals surface area contributed by atoms with Crippen molar-refractivity contribution in [3.8, 4) is 5.75 Å². The van der Waals surface area contributed by atoms with Crippen molar-refractivity contribution in [1.29, 1.82) is 0 Å². The van der Waals surface area contributed by atoms with Gasteiger partial charge in [-0.3, -0.25) is 0 Å². The first kappa shape index (κ1) is 22.4. The number of ether oxygens (including phenoxy) is 1. The molecule has 9 heteroatoms. The second kappa shape index (κ2) is 7.84. The number of methoxy groups -OCH3 is 1. The quantitative estimate of drug-likeness (QED) is 0.171. The standard InChI is InChI=1S/C19H18OS.F6P/c1-20-18-11-9-15(10-12-18)13-21-14-17-7-4-6-16-5-2-3-8-19(16)17;1-7(2,3,4,5)6/h2-12H,13-14H2,1H3;/q;-1/p+1. The predicted octanol–water partition coefficient (Wildman–Crippen LogP) is 7.75. The molecule has 0 aliphatic heterocycles. The van der Waals surface area contributed by atoms with E-state index in [2.05, 4.69) is 54.6 Å². The molecular weight excluding hydrogens is 421 g/mol. The third kappa shape index (κ3) is 9.33. The fourth-order valence-electron chi connectivity index (χ4n) is 2.47. The third-order valence-corrected chi connectivity index (χ3v) is 4.77. The summed E-state index contributed by atoms with van der Waals surface area (Å²) in [5.74, 6) is 3.09. The molecule has 0 aliphatic rings. The van der Waals surface area contributed by atoms with Gasteiger partial charge in [0, 0.05) is 11.1 Å². The molecule has 0 amide bonds. The van der Waals surface area contributed by atoms with E-state index in [-0.39, 0.29) is 0 Å². The van der Waals surface area contributed by atoms with Gasteiger partial charge in [-0.25, -0.2) is 0 Å². The second-order valence-electron chi connectivity index (χ2n) is 5.98. The Bertz CT molecular complexity index is 910. The van der Waals surface area contributed by atoms with E-state index >= 15 is 0 Å². The molecule has 3 rings (SSSR count). The Morgan fingerprint density at radius 3 is 1.93 bits per heavy atom. The Morgan fingerprint density at radius 2 is 1.32 bits per heavy atom. The van der Waals surface area contributed by atoms with Crippen LogP contribution in [0, 0.1) is 0 Å². The molecule has 0 aliphatic carbocycles. The molecule has 0 unspecified atom stereocenters. The average Bonchev–Trinajstić information content (AvgIpc) is 2.60. The van der Waals surface area contributed by atoms with Gasteiger partial charge in [-0.2, -0.15) is 0 Å². The van der Waals surface area contributed by atoms with Crippen LogP contribution in [0.3, 0.4) is 0 Å². The summed E-state index contributed by atoms with van der Waals surface area (Å²) in [6.07, 6.45) is 0. The van der Waals surface area contributed by atoms with Crippen LogP contribution in [0.2, 0.25) is 0 Å². The van der Waals surface area contributed by atoms with Crippen LogP contribution in [-0.4, -0.2) is 7.11 Å². The van der Waals surface area contributed by atoms with Gasteiger partial charge in [0.05, 0.1) is 7.11 Å². The first-order valence-electron chi connectivity index (χ1n) is 8.11. The molecule has 0 atom stereocenters. The number of hydrogen-bond acceptors (Lipinski definition) is 1. The summed E-state index contributed by atoms with van der Waals surface area (Å²) in [5.41, 5.74) is 2.79. The molecule has 0 bridgehead atoms. The fraction of sp³-hybridized carbons (Fsp3) is 0.158. The number of benzene rings is 3. The van der Waals surface area contributed by atoms with Crippen LogP contribution in [0.5, 0.6) is 5.75 Å². The van der Waals surface area contributed by atoms with Gasteiger partial charge in [0.1, 0.15) is 17.3 Å². The SMILES string of the molecule is COc1ccc(C[SH+]Cc2cccc3ccccc23)cc1.F[P-](F)(F)(F)(F)F. The molecule has 154 valence electrons. The predicted molar refractivity (Wildman–Crippen MR) is 107 cm³/mol. The summed E-state index contributed by atoms with van der Waals surface area (Å²) in [5, 5.41) is 2.71. The van der Waals surface area contributed by atoms with Crippen LogP contribution >= 0.6 is 7.81 Å². The molecule has 0 spiro atoms. The van der Waals surface area contributed by atoms with Crippen molar-refractivity contribution < 1.29 is 29.9 Å². The maximum atomic E-state index is 9.87. The Labute approximate surface area is 162 Å². The van der Waals surface area contributed by atoms with Crippen molar-refractivity contribution in [3.63, 3.8) is 0 Å². The van der Waals surface area contributed by atoms with Crippen LogP contribution in [0.15, 0.2) is 66.7 Å². The maximum absolute atomic E-state index is 10.7. The first-order valence-corrected chi connectivity index (χ1v) is 11.4. The Hall–Kier alpha value is -1.92. The molecule has 3 aromatic carbocycles.